The van der Waals surface area contributed by atoms with E-state index in [1.807, 2.05) is 212 Å². The Hall–Kier alpha value is -9.01. The lowest BCUT2D eigenvalue weighted by atomic mass is 10.3. The second-order valence-electron chi connectivity index (χ2n) is 17.0. The van der Waals surface area contributed by atoms with E-state index < -0.39 is 0 Å². The van der Waals surface area contributed by atoms with Crippen LogP contribution in [-0.4, -0.2) is 105 Å². The summed E-state index contributed by atoms with van der Waals surface area (Å²) in [6, 6.07) is 11.6. The van der Waals surface area contributed by atoms with Crippen LogP contribution in [0, 0.1) is 118 Å². The Morgan fingerprint density at radius 3 is 0.987 bits per heavy atom. The zero-order valence-corrected chi connectivity index (χ0v) is 48.4. The third-order valence-corrected chi connectivity index (χ3v) is 8.72. The van der Waals surface area contributed by atoms with Crippen molar-refractivity contribution in [3.05, 3.63) is 221 Å². The van der Waals surface area contributed by atoms with Gasteiger partial charge >= 0.3 is 0 Å². The first kappa shape index (κ1) is 66.0. The van der Waals surface area contributed by atoms with Gasteiger partial charge in [0.25, 0.3) is 0 Å². The first-order valence-electron chi connectivity index (χ1n) is 24.3. The van der Waals surface area contributed by atoms with Crippen LogP contribution in [-0.2, 0) is 14.1 Å². The van der Waals surface area contributed by atoms with Crippen molar-refractivity contribution in [2.45, 2.75) is 118 Å². The lowest BCUT2D eigenvalue weighted by molar-refractivity contribution is 0.756. The third kappa shape index (κ3) is 37.4. The minimum Gasteiger partial charge on any atom is -0.276 e. The summed E-state index contributed by atoms with van der Waals surface area (Å²) in [5.41, 5.74) is 11.8. The van der Waals surface area contributed by atoms with Crippen molar-refractivity contribution in [1.82, 2.24) is 105 Å². The van der Waals surface area contributed by atoms with Gasteiger partial charge in [-0.3, -0.25) is 9.36 Å². The topological polar surface area (TPSA) is 255 Å². The monoisotopic (exact) mass is 1040 g/mol. The zero-order chi connectivity index (χ0) is 57.5. The summed E-state index contributed by atoms with van der Waals surface area (Å²) in [6.07, 6.45) is 24.4. The summed E-state index contributed by atoms with van der Waals surface area (Å²) in [7, 11) is 3.82. The fourth-order valence-electron chi connectivity index (χ4n) is 5.28. The molecule has 0 aliphatic heterocycles. The van der Waals surface area contributed by atoms with Crippen LogP contribution >= 0.6 is 0 Å². The fourth-order valence-corrected chi connectivity index (χ4v) is 5.28. The molecule has 21 heteroatoms. The highest BCUT2D eigenvalue weighted by atomic mass is 15.2. The molecule has 0 bridgehead atoms. The van der Waals surface area contributed by atoms with Crippen molar-refractivity contribution in [3.8, 4) is 0 Å². The lowest BCUT2D eigenvalue weighted by Crippen LogP contribution is -1.91. The van der Waals surface area contributed by atoms with Gasteiger partial charge in [-0.25, -0.2) is 74.8 Å². The Bertz CT molecular complexity index is 2670. The highest BCUT2D eigenvalue weighted by Crippen LogP contribution is 1.97. The van der Waals surface area contributed by atoms with Gasteiger partial charge in [0.2, 0.25) is 0 Å². The number of aromatic nitrogens is 21. The van der Waals surface area contributed by atoms with Crippen LogP contribution in [0.5, 0.6) is 0 Å². The minimum absolute atomic E-state index is 0.759. The van der Waals surface area contributed by atoms with Crippen molar-refractivity contribution in [1.29, 1.82) is 0 Å². The minimum atomic E-state index is 0.759. The van der Waals surface area contributed by atoms with Crippen LogP contribution in [0.15, 0.2) is 124 Å². The van der Waals surface area contributed by atoms with Gasteiger partial charge in [0.05, 0.1) is 18.1 Å². The van der Waals surface area contributed by atoms with Crippen LogP contribution in [0.25, 0.3) is 0 Å². The van der Waals surface area contributed by atoms with Crippen LogP contribution in [0.1, 0.15) is 97.1 Å². The largest absolute Gasteiger partial charge is 0.276 e. The molecular formula is C56H77N21. The maximum absolute atomic E-state index is 4.12. The highest BCUT2D eigenvalue weighted by molar-refractivity contribution is 5.08. The average Bonchev–Trinajstić information content (AvgIpc) is 3.95. The van der Waals surface area contributed by atoms with Gasteiger partial charge in [-0.1, -0.05) is 0 Å². The Morgan fingerprint density at radius 2 is 0.766 bits per heavy atom. The van der Waals surface area contributed by atoms with Crippen LogP contribution in [0.3, 0.4) is 0 Å². The van der Waals surface area contributed by atoms with E-state index in [0.29, 0.717) is 0 Å². The van der Waals surface area contributed by atoms with E-state index in [2.05, 4.69) is 95.2 Å². The summed E-state index contributed by atoms with van der Waals surface area (Å²) in [4.78, 5) is 59.1. The van der Waals surface area contributed by atoms with E-state index in [1.165, 1.54) is 18.2 Å². The molecule has 10 aromatic heterocycles. The Morgan fingerprint density at radius 1 is 0.312 bits per heavy atom. The van der Waals surface area contributed by atoms with Gasteiger partial charge < -0.3 is 0 Å². The van der Waals surface area contributed by atoms with Gasteiger partial charge in [0.1, 0.15) is 53.9 Å². The van der Waals surface area contributed by atoms with E-state index in [0.717, 1.165) is 91.5 Å². The molecule has 0 atom stereocenters. The van der Waals surface area contributed by atoms with E-state index in [9.17, 15) is 0 Å². The summed E-state index contributed by atoms with van der Waals surface area (Å²) >= 11 is 0. The molecule has 0 saturated heterocycles. The third-order valence-electron chi connectivity index (χ3n) is 8.72. The Labute approximate surface area is 455 Å². The van der Waals surface area contributed by atoms with Gasteiger partial charge in [0.15, 0.2) is 0 Å². The molecule has 0 unspecified atom stereocenters. The van der Waals surface area contributed by atoms with Crippen LogP contribution < -0.4 is 0 Å². The molecule has 0 aromatic carbocycles. The highest BCUT2D eigenvalue weighted by Gasteiger charge is 1.91. The number of aryl methyl sites for hydroxylation is 19. The second kappa shape index (κ2) is 38.6. The molecule has 10 heterocycles. The molecule has 406 valence electrons. The molecule has 0 spiro atoms. The number of nitrogens with zero attached hydrogens (tertiary/aromatic N) is 21. The van der Waals surface area contributed by atoms with Crippen LogP contribution in [0.2, 0.25) is 0 Å². The van der Waals surface area contributed by atoms with Gasteiger partial charge in [0, 0.05) is 104 Å². The van der Waals surface area contributed by atoms with Crippen molar-refractivity contribution in [2.75, 3.05) is 0 Å². The van der Waals surface area contributed by atoms with Gasteiger partial charge in [-0.2, -0.15) is 20.4 Å². The summed E-state index contributed by atoms with van der Waals surface area (Å²) in [5.74, 6) is 4.95. The SMILES string of the molecule is Cc1cc(C)nc(C)n1.Cc1cc(C)ncn1.Cc1ccn(C)n1.Cc1ccnc(C)n1.Cc1ccnc(C)n1.Cc1ccnnc1.Cc1cnc(C)nc1.Cc1cnc(C)nc1.Cc1cnn(C)c1.Cc1ncncn1. The first-order chi connectivity index (χ1) is 36.5. The number of hydrogen-bond acceptors (Lipinski definition) is 19. The summed E-state index contributed by atoms with van der Waals surface area (Å²) < 4.78 is 3.57. The molecule has 21 nitrogen and oxygen atoms in total. The van der Waals surface area contributed by atoms with Crippen molar-refractivity contribution < 1.29 is 0 Å². The molecule has 77 heavy (non-hydrogen) atoms. The molecule has 10 aromatic rings. The van der Waals surface area contributed by atoms with E-state index in [4.69, 9.17) is 0 Å². The average molecular weight is 1040 g/mol. The second-order valence-corrected chi connectivity index (χ2v) is 17.0. The standard InChI is InChI=1S/C7H10N2.5C6H8N2.2C5H8N2.C5H6N2.C4H5N3/c1-5-4-6(2)9-7(3)8-5;1-5-3-6(2)8-4-7-5;2*1-5-3-7-6(2)8-4-5;2*1-5-3-4-7-6(2)8-5;1-5-3-6-7(2)4-5;1-5-3-4-7(2)6-5;1-5-2-3-6-7-4-5;1-4-6-2-5-3-7-4/h4H,1-3H3;5*3-4H,1-2H3;2*3-4H,1-2H3;2-4H,1H3;2-3H,1H3. The van der Waals surface area contributed by atoms with Crippen molar-refractivity contribution in [2.24, 2.45) is 14.1 Å². The molecule has 0 aliphatic rings. The van der Waals surface area contributed by atoms with Crippen molar-refractivity contribution in [3.63, 3.8) is 0 Å². The lowest BCUT2D eigenvalue weighted by Gasteiger charge is -1.95. The predicted molar refractivity (Wildman–Crippen MR) is 301 cm³/mol. The number of hydrogen-bond donors (Lipinski definition) is 0. The fraction of sp³-hybridized carbons (Fsp3) is 0.339. The molecule has 0 radical (unpaired) electrons. The quantitative estimate of drug-likeness (QED) is 0.137. The van der Waals surface area contributed by atoms with E-state index >= 15 is 0 Å². The van der Waals surface area contributed by atoms with E-state index in [-0.39, 0.29) is 0 Å². The first-order valence-corrected chi connectivity index (χ1v) is 24.3. The van der Waals surface area contributed by atoms with E-state index in [1.54, 1.807) is 40.5 Å². The molecule has 10 rings (SSSR count). The van der Waals surface area contributed by atoms with Gasteiger partial charge in [-0.05, 0) is 176 Å². The van der Waals surface area contributed by atoms with Gasteiger partial charge in [-0.15, -0.1) is 0 Å². The molecule has 0 aliphatic carbocycles. The Kier molecular flexibility index (Phi) is 33.0. The smallest absolute Gasteiger partial charge is 0.128 e. The molecule has 0 amide bonds. The maximum Gasteiger partial charge on any atom is 0.128 e. The normalized spacial score (nSPS) is 9.23. The summed E-state index contributed by atoms with van der Waals surface area (Å²) in [5, 5.41) is 15.2. The maximum atomic E-state index is 4.12. The molecule has 0 N–H and O–H groups in total. The number of rotatable bonds is 0. The Balaban J connectivity index is 0.000000428. The predicted octanol–water partition coefficient (Wildman–Crippen LogP) is 9.29. The molecular weight excluding hydrogens is 967 g/mol. The zero-order valence-electron chi connectivity index (χ0n) is 48.4. The molecule has 0 fully saturated rings. The molecule has 0 saturated carbocycles. The van der Waals surface area contributed by atoms with Crippen molar-refractivity contribution >= 4 is 0 Å². The summed E-state index contributed by atoms with van der Waals surface area (Å²) in [6.45, 7) is 32.9. The van der Waals surface area contributed by atoms with Crippen LogP contribution in [0.4, 0.5) is 0 Å².